The van der Waals surface area contributed by atoms with Crippen molar-refractivity contribution in [3.8, 4) is 0 Å². The Morgan fingerprint density at radius 1 is 1.39 bits per heavy atom. The van der Waals surface area contributed by atoms with Crippen LogP contribution in [0, 0.1) is 5.92 Å². The first-order valence-corrected chi connectivity index (χ1v) is 6.77. The van der Waals surface area contributed by atoms with Crippen LogP contribution in [0.2, 0.25) is 0 Å². The molecule has 2 amide bonds. The number of rotatable bonds is 6. The lowest BCUT2D eigenvalue weighted by Gasteiger charge is -2.20. The smallest absolute Gasteiger partial charge is 0.242 e. The van der Waals surface area contributed by atoms with E-state index in [1.54, 1.807) is 7.05 Å². The summed E-state index contributed by atoms with van der Waals surface area (Å²) < 4.78 is 0. The monoisotopic (exact) mass is 255 g/mol. The summed E-state index contributed by atoms with van der Waals surface area (Å²) in [5.41, 5.74) is 0. The fraction of sp³-hybridized carbons (Fsp3) is 0.846. The van der Waals surface area contributed by atoms with E-state index in [2.05, 4.69) is 16.0 Å². The summed E-state index contributed by atoms with van der Waals surface area (Å²) in [5, 5.41) is 8.72. The molecule has 0 spiro atoms. The van der Waals surface area contributed by atoms with Gasteiger partial charge in [-0.05, 0) is 31.7 Å². The van der Waals surface area contributed by atoms with Crippen molar-refractivity contribution in [2.24, 2.45) is 5.92 Å². The second kappa shape index (κ2) is 7.36. The first kappa shape index (κ1) is 15.0. The summed E-state index contributed by atoms with van der Waals surface area (Å²) in [6.45, 7) is 5.07. The van der Waals surface area contributed by atoms with Crippen LogP contribution in [0.4, 0.5) is 0 Å². The van der Waals surface area contributed by atoms with Crippen LogP contribution in [0.1, 0.15) is 39.5 Å². The Morgan fingerprint density at radius 2 is 2.11 bits per heavy atom. The third-order valence-corrected chi connectivity index (χ3v) is 3.20. The molecule has 2 unspecified atom stereocenters. The molecule has 0 radical (unpaired) electrons. The van der Waals surface area contributed by atoms with Gasteiger partial charge in [0.05, 0.1) is 0 Å². The Kier molecular flexibility index (Phi) is 6.12. The molecule has 1 heterocycles. The number of hydrogen-bond acceptors (Lipinski definition) is 3. The zero-order chi connectivity index (χ0) is 13.5. The number of nitrogens with one attached hydrogen (secondary N) is 3. The summed E-state index contributed by atoms with van der Waals surface area (Å²) >= 11 is 0. The number of amides is 2. The SMILES string of the molecule is CNC(=O)C(CC(C)C)NC(=O)CC1CCCN1. The number of likely N-dealkylation sites (N-methyl/N-ethyl adjacent to an activating group) is 1. The lowest BCUT2D eigenvalue weighted by Crippen LogP contribution is -2.47. The Morgan fingerprint density at radius 3 is 2.61 bits per heavy atom. The topological polar surface area (TPSA) is 70.2 Å². The zero-order valence-corrected chi connectivity index (χ0v) is 11.6. The highest BCUT2D eigenvalue weighted by Crippen LogP contribution is 2.10. The fourth-order valence-corrected chi connectivity index (χ4v) is 2.29. The van der Waals surface area contributed by atoms with Crippen molar-refractivity contribution < 1.29 is 9.59 Å². The average molecular weight is 255 g/mol. The highest BCUT2D eigenvalue weighted by atomic mass is 16.2. The first-order valence-electron chi connectivity index (χ1n) is 6.77. The molecular formula is C13H25N3O2. The molecule has 2 atom stereocenters. The average Bonchev–Trinajstić information content (AvgIpc) is 2.79. The third kappa shape index (κ3) is 5.04. The van der Waals surface area contributed by atoms with Gasteiger partial charge in [0.1, 0.15) is 6.04 Å². The Hall–Kier alpha value is -1.10. The molecule has 5 nitrogen and oxygen atoms in total. The number of carbonyl (C=O) groups is 2. The second-order valence-electron chi connectivity index (χ2n) is 5.36. The van der Waals surface area contributed by atoms with Crippen LogP contribution < -0.4 is 16.0 Å². The standard InChI is InChI=1S/C13H25N3O2/c1-9(2)7-11(13(18)14-3)16-12(17)8-10-5-4-6-15-10/h9-11,15H,4-8H2,1-3H3,(H,14,18)(H,16,17). The van der Waals surface area contributed by atoms with Crippen molar-refractivity contribution in [3.63, 3.8) is 0 Å². The van der Waals surface area contributed by atoms with Crippen LogP contribution >= 0.6 is 0 Å². The van der Waals surface area contributed by atoms with E-state index in [0.717, 1.165) is 19.4 Å². The molecule has 5 heteroatoms. The van der Waals surface area contributed by atoms with Crippen LogP contribution in [-0.2, 0) is 9.59 Å². The molecule has 1 aliphatic heterocycles. The molecule has 3 N–H and O–H groups in total. The van der Waals surface area contributed by atoms with Crippen LogP contribution in [0.15, 0.2) is 0 Å². The van der Waals surface area contributed by atoms with E-state index in [-0.39, 0.29) is 17.9 Å². The minimum Gasteiger partial charge on any atom is -0.357 e. The maximum absolute atomic E-state index is 11.9. The van der Waals surface area contributed by atoms with Crippen molar-refractivity contribution in [3.05, 3.63) is 0 Å². The van der Waals surface area contributed by atoms with Gasteiger partial charge in [0, 0.05) is 19.5 Å². The van der Waals surface area contributed by atoms with E-state index in [4.69, 9.17) is 0 Å². The van der Waals surface area contributed by atoms with Crippen LogP contribution in [0.3, 0.4) is 0 Å². The molecule has 18 heavy (non-hydrogen) atoms. The Bertz CT molecular complexity index is 286. The van der Waals surface area contributed by atoms with Crippen LogP contribution in [0.25, 0.3) is 0 Å². The quantitative estimate of drug-likeness (QED) is 0.643. The van der Waals surface area contributed by atoms with E-state index in [0.29, 0.717) is 18.8 Å². The van der Waals surface area contributed by atoms with Crippen LogP contribution in [0.5, 0.6) is 0 Å². The van der Waals surface area contributed by atoms with Gasteiger partial charge in [-0.25, -0.2) is 0 Å². The van der Waals surface area contributed by atoms with Gasteiger partial charge in [0.15, 0.2) is 0 Å². The summed E-state index contributed by atoms with van der Waals surface area (Å²) in [4.78, 5) is 23.6. The molecule has 1 rings (SSSR count). The van der Waals surface area contributed by atoms with E-state index in [1.807, 2.05) is 13.8 Å². The minimum absolute atomic E-state index is 0.0383. The maximum atomic E-state index is 11.9. The molecule has 1 saturated heterocycles. The van der Waals surface area contributed by atoms with Crippen LogP contribution in [-0.4, -0.2) is 37.5 Å². The molecule has 0 aromatic rings. The largest absolute Gasteiger partial charge is 0.357 e. The molecule has 0 bridgehead atoms. The Labute approximate surface area is 109 Å². The maximum Gasteiger partial charge on any atom is 0.242 e. The number of hydrogen-bond donors (Lipinski definition) is 3. The lowest BCUT2D eigenvalue weighted by molar-refractivity contribution is -0.129. The summed E-state index contributed by atoms with van der Waals surface area (Å²) in [6.07, 6.45) is 3.31. The Balaban J connectivity index is 2.42. The highest BCUT2D eigenvalue weighted by Gasteiger charge is 2.23. The third-order valence-electron chi connectivity index (χ3n) is 3.20. The van der Waals surface area contributed by atoms with Gasteiger partial charge < -0.3 is 16.0 Å². The van der Waals surface area contributed by atoms with Gasteiger partial charge in [-0.15, -0.1) is 0 Å². The molecular weight excluding hydrogens is 230 g/mol. The van der Waals surface area contributed by atoms with Gasteiger partial charge in [-0.1, -0.05) is 13.8 Å². The molecule has 104 valence electrons. The zero-order valence-electron chi connectivity index (χ0n) is 11.6. The van der Waals surface area contributed by atoms with Gasteiger partial charge >= 0.3 is 0 Å². The van der Waals surface area contributed by atoms with Crippen molar-refractivity contribution >= 4 is 11.8 Å². The molecule has 0 aromatic heterocycles. The minimum atomic E-state index is -0.413. The molecule has 0 aromatic carbocycles. The lowest BCUT2D eigenvalue weighted by atomic mass is 10.0. The molecule has 1 fully saturated rings. The van der Waals surface area contributed by atoms with E-state index >= 15 is 0 Å². The van der Waals surface area contributed by atoms with E-state index in [1.165, 1.54) is 0 Å². The van der Waals surface area contributed by atoms with Crippen molar-refractivity contribution in [2.75, 3.05) is 13.6 Å². The number of carbonyl (C=O) groups excluding carboxylic acids is 2. The first-order chi connectivity index (χ1) is 8.52. The normalized spacial score (nSPS) is 20.8. The fourth-order valence-electron chi connectivity index (χ4n) is 2.29. The van der Waals surface area contributed by atoms with Crippen molar-refractivity contribution in [1.82, 2.24) is 16.0 Å². The van der Waals surface area contributed by atoms with E-state index < -0.39 is 6.04 Å². The highest BCUT2D eigenvalue weighted by molar-refractivity contribution is 5.87. The molecule has 0 aliphatic carbocycles. The van der Waals surface area contributed by atoms with Crippen molar-refractivity contribution in [2.45, 2.75) is 51.6 Å². The molecule has 0 saturated carbocycles. The summed E-state index contributed by atoms with van der Waals surface area (Å²) in [6, 6.07) is -0.140. The predicted molar refractivity (Wildman–Crippen MR) is 71.1 cm³/mol. The van der Waals surface area contributed by atoms with Gasteiger partial charge in [0.25, 0.3) is 0 Å². The summed E-state index contributed by atoms with van der Waals surface area (Å²) in [5.74, 6) is 0.220. The van der Waals surface area contributed by atoms with Gasteiger partial charge in [0.2, 0.25) is 11.8 Å². The predicted octanol–water partition coefficient (Wildman–Crippen LogP) is 0.405. The van der Waals surface area contributed by atoms with Gasteiger partial charge in [-0.2, -0.15) is 0 Å². The van der Waals surface area contributed by atoms with Crippen molar-refractivity contribution in [1.29, 1.82) is 0 Å². The van der Waals surface area contributed by atoms with E-state index in [9.17, 15) is 9.59 Å². The summed E-state index contributed by atoms with van der Waals surface area (Å²) in [7, 11) is 1.60. The second-order valence-corrected chi connectivity index (χ2v) is 5.36. The molecule has 1 aliphatic rings. The van der Waals surface area contributed by atoms with Gasteiger partial charge in [-0.3, -0.25) is 9.59 Å².